The van der Waals surface area contributed by atoms with Gasteiger partial charge in [-0.05, 0) is 20.8 Å². The summed E-state index contributed by atoms with van der Waals surface area (Å²) < 4.78 is 4.97. The van der Waals surface area contributed by atoms with Gasteiger partial charge in [0.25, 0.3) is 0 Å². The van der Waals surface area contributed by atoms with Crippen molar-refractivity contribution in [3.05, 3.63) is 0 Å². The monoisotopic (exact) mass is 257 g/mol. The van der Waals surface area contributed by atoms with Crippen LogP contribution in [-0.4, -0.2) is 56.2 Å². The molecule has 0 radical (unpaired) electrons. The molecular formula is C12H23N3O3. The molecule has 2 N–H and O–H groups in total. The highest BCUT2D eigenvalue weighted by molar-refractivity contribution is 5.78. The fraction of sp³-hybridized carbons (Fsp3) is 0.833. The molecule has 1 aliphatic rings. The van der Waals surface area contributed by atoms with E-state index in [1.54, 1.807) is 25.7 Å². The number of hydrogen-bond donors (Lipinski definition) is 2. The van der Waals surface area contributed by atoms with Crippen molar-refractivity contribution in [2.45, 2.75) is 20.8 Å². The predicted molar refractivity (Wildman–Crippen MR) is 68.3 cm³/mol. The van der Waals surface area contributed by atoms with Crippen molar-refractivity contribution in [2.24, 2.45) is 5.41 Å². The van der Waals surface area contributed by atoms with E-state index in [1.807, 2.05) is 0 Å². The first-order valence-corrected chi connectivity index (χ1v) is 6.38. The number of nitrogens with zero attached hydrogens (tertiary/aromatic N) is 1. The van der Waals surface area contributed by atoms with Crippen molar-refractivity contribution < 1.29 is 14.3 Å². The summed E-state index contributed by atoms with van der Waals surface area (Å²) in [7, 11) is 0. The van der Waals surface area contributed by atoms with Gasteiger partial charge in [0.1, 0.15) is 0 Å². The third-order valence-corrected chi connectivity index (χ3v) is 2.91. The lowest BCUT2D eigenvalue weighted by Gasteiger charge is -2.29. The summed E-state index contributed by atoms with van der Waals surface area (Å²) in [6, 6.07) is -0.117. The first kappa shape index (κ1) is 14.8. The van der Waals surface area contributed by atoms with Crippen LogP contribution in [0.5, 0.6) is 0 Å². The van der Waals surface area contributed by atoms with Gasteiger partial charge in [0.2, 0.25) is 0 Å². The molecule has 1 aliphatic heterocycles. The summed E-state index contributed by atoms with van der Waals surface area (Å²) in [5.74, 6) is -0.286. The topological polar surface area (TPSA) is 70.7 Å². The molecule has 1 fully saturated rings. The first-order valence-electron chi connectivity index (χ1n) is 6.38. The first-order chi connectivity index (χ1) is 8.47. The number of carbonyl (C=O) groups is 2. The molecule has 0 atom stereocenters. The number of hydrogen-bond acceptors (Lipinski definition) is 4. The van der Waals surface area contributed by atoms with Crippen LogP contribution in [0.25, 0.3) is 0 Å². The van der Waals surface area contributed by atoms with Gasteiger partial charge in [-0.3, -0.25) is 4.79 Å². The van der Waals surface area contributed by atoms with E-state index in [2.05, 4.69) is 10.6 Å². The van der Waals surface area contributed by atoms with Crippen LogP contribution in [-0.2, 0) is 9.53 Å². The second-order valence-electron chi connectivity index (χ2n) is 5.00. The maximum Gasteiger partial charge on any atom is 0.317 e. The molecule has 0 bridgehead atoms. The summed E-state index contributed by atoms with van der Waals surface area (Å²) in [5.41, 5.74) is -0.695. The Morgan fingerprint density at radius 1 is 1.33 bits per heavy atom. The van der Waals surface area contributed by atoms with Crippen molar-refractivity contribution in [3.63, 3.8) is 0 Å². The van der Waals surface area contributed by atoms with E-state index in [4.69, 9.17) is 4.74 Å². The molecule has 0 aromatic carbocycles. The number of urea groups is 1. The Hall–Kier alpha value is -1.30. The summed E-state index contributed by atoms with van der Waals surface area (Å²) >= 11 is 0. The summed E-state index contributed by atoms with van der Waals surface area (Å²) in [6.45, 7) is 8.97. The SMILES string of the molecule is CCOC(=O)C(C)(C)CNC(=O)N1CCNCC1. The number of rotatable bonds is 4. The van der Waals surface area contributed by atoms with Crippen LogP contribution in [0, 0.1) is 5.41 Å². The molecule has 0 spiro atoms. The second kappa shape index (κ2) is 6.58. The minimum absolute atomic E-state index is 0.117. The van der Waals surface area contributed by atoms with Crippen LogP contribution in [0.2, 0.25) is 0 Å². The maximum absolute atomic E-state index is 11.9. The van der Waals surface area contributed by atoms with E-state index in [1.165, 1.54) is 0 Å². The summed E-state index contributed by atoms with van der Waals surface area (Å²) in [5, 5.41) is 5.97. The van der Waals surface area contributed by atoms with Gasteiger partial charge in [-0.2, -0.15) is 0 Å². The van der Waals surface area contributed by atoms with Crippen LogP contribution >= 0.6 is 0 Å². The van der Waals surface area contributed by atoms with Crippen molar-refractivity contribution in [1.29, 1.82) is 0 Å². The average molecular weight is 257 g/mol. The van der Waals surface area contributed by atoms with Crippen molar-refractivity contribution in [2.75, 3.05) is 39.3 Å². The molecule has 104 valence electrons. The second-order valence-corrected chi connectivity index (χ2v) is 5.00. The number of esters is 1. The van der Waals surface area contributed by atoms with Gasteiger partial charge < -0.3 is 20.3 Å². The molecule has 18 heavy (non-hydrogen) atoms. The molecular weight excluding hydrogens is 234 g/mol. The Bertz CT molecular complexity index is 299. The van der Waals surface area contributed by atoms with Crippen molar-refractivity contribution >= 4 is 12.0 Å². The minimum Gasteiger partial charge on any atom is -0.466 e. The van der Waals surface area contributed by atoms with Crippen LogP contribution in [0.4, 0.5) is 4.79 Å². The Labute approximate surface area is 108 Å². The number of piperazine rings is 1. The predicted octanol–water partition coefficient (Wildman–Crippen LogP) is 0.191. The van der Waals surface area contributed by atoms with Crippen LogP contribution in [0.1, 0.15) is 20.8 Å². The lowest BCUT2D eigenvalue weighted by molar-refractivity contribution is -0.153. The standard InChI is InChI=1S/C12H23N3O3/c1-4-18-10(16)12(2,3)9-14-11(17)15-7-5-13-6-8-15/h13H,4-9H2,1-3H3,(H,14,17). The Kier molecular flexibility index (Phi) is 5.40. The van der Waals surface area contributed by atoms with Gasteiger partial charge in [0.05, 0.1) is 12.0 Å². The number of carbonyl (C=O) groups excluding carboxylic acids is 2. The zero-order valence-electron chi connectivity index (χ0n) is 11.4. The van der Waals surface area contributed by atoms with E-state index < -0.39 is 5.41 Å². The van der Waals surface area contributed by atoms with Gasteiger partial charge in [0.15, 0.2) is 0 Å². The van der Waals surface area contributed by atoms with E-state index in [0.29, 0.717) is 19.7 Å². The fourth-order valence-corrected chi connectivity index (χ4v) is 1.67. The number of amides is 2. The lowest BCUT2D eigenvalue weighted by atomic mass is 9.94. The third-order valence-electron chi connectivity index (χ3n) is 2.91. The van der Waals surface area contributed by atoms with E-state index in [9.17, 15) is 9.59 Å². The van der Waals surface area contributed by atoms with Crippen LogP contribution < -0.4 is 10.6 Å². The quantitative estimate of drug-likeness (QED) is 0.705. The minimum atomic E-state index is -0.695. The highest BCUT2D eigenvalue weighted by Gasteiger charge is 2.30. The molecule has 0 aliphatic carbocycles. The van der Waals surface area contributed by atoms with Gasteiger partial charge in [-0.1, -0.05) is 0 Å². The lowest BCUT2D eigenvalue weighted by Crippen LogP contribution is -2.52. The van der Waals surface area contributed by atoms with Crippen LogP contribution in [0.15, 0.2) is 0 Å². The zero-order valence-corrected chi connectivity index (χ0v) is 11.4. The Balaban J connectivity index is 2.38. The molecule has 0 aromatic heterocycles. The van der Waals surface area contributed by atoms with Gasteiger partial charge in [-0.25, -0.2) is 4.79 Å². The third kappa shape index (κ3) is 4.18. The van der Waals surface area contributed by atoms with Gasteiger partial charge >= 0.3 is 12.0 Å². The van der Waals surface area contributed by atoms with Crippen LogP contribution in [0.3, 0.4) is 0 Å². The molecule has 1 saturated heterocycles. The normalized spacial score (nSPS) is 16.3. The average Bonchev–Trinajstić information content (AvgIpc) is 2.37. The van der Waals surface area contributed by atoms with Crippen molar-refractivity contribution in [3.8, 4) is 0 Å². The van der Waals surface area contributed by atoms with E-state index >= 15 is 0 Å². The highest BCUT2D eigenvalue weighted by atomic mass is 16.5. The highest BCUT2D eigenvalue weighted by Crippen LogP contribution is 2.16. The van der Waals surface area contributed by atoms with E-state index in [-0.39, 0.29) is 18.5 Å². The van der Waals surface area contributed by atoms with E-state index in [0.717, 1.165) is 13.1 Å². The maximum atomic E-state index is 11.9. The number of ether oxygens (including phenoxy) is 1. The molecule has 1 heterocycles. The molecule has 0 unspecified atom stereocenters. The molecule has 2 amide bonds. The summed E-state index contributed by atoms with van der Waals surface area (Å²) in [4.78, 5) is 25.3. The number of nitrogens with one attached hydrogen (secondary N) is 2. The molecule has 0 saturated carbocycles. The smallest absolute Gasteiger partial charge is 0.317 e. The fourth-order valence-electron chi connectivity index (χ4n) is 1.67. The molecule has 1 rings (SSSR count). The van der Waals surface area contributed by atoms with Gasteiger partial charge in [0, 0.05) is 32.7 Å². The largest absolute Gasteiger partial charge is 0.466 e. The van der Waals surface area contributed by atoms with Crippen molar-refractivity contribution in [1.82, 2.24) is 15.5 Å². The zero-order chi connectivity index (χ0) is 13.6. The summed E-state index contributed by atoms with van der Waals surface area (Å²) in [6.07, 6.45) is 0. The Morgan fingerprint density at radius 3 is 2.50 bits per heavy atom. The molecule has 6 nitrogen and oxygen atoms in total. The Morgan fingerprint density at radius 2 is 1.94 bits per heavy atom. The molecule has 0 aromatic rings. The molecule has 6 heteroatoms. The van der Waals surface area contributed by atoms with Gasteiger partial charge in [-0.15, -0.1) is 0 Å².